The van der Waals surface area contributed by atoms with E-state index in [1.54, 1.807) is 55.8 Å². The molecule has 0 bridgehead atoms. The van der Waals surface area contributed by atoms with Crippen LogP contribution in [-0.4, -0.2) is 130 Å². The first-order valence-electron chi connectivity index (χ1n) is 24.1. The molecule has 6 aromatic rings. The minimum Gasteiger partial charge on any atom is -0.497 e. The summed E-state index contributed by atoms with van der Waals surface area (Å²) in [5, 5.41) is -0.296. The fourth-order valence-corrected chi connectivity index (χ4v) is 14.3. The Morgan fingerprint density at radius 2 is 1.47 bits per heavy atom. The molecule has 5 heterocycles. The van der Waals surface area contributed by atoms with E-state index < -0.39 is 68.6 Å². The maximum Gasteiger partial charge on any atom is 0.330 e. The number of benzene rings is 4. The second kappa shape index (κ2) is 20.9. The molecular formula is C52H64N7O10PSSi. The van der Waals surface area contributed by atoms with Gasteiger partial charge in [-0.2, -0.15) is 0 Å². The van der Waals surface area contributed by atoms with Crippen molar-refractivity contribution in [1.82, 2.24) is 29.1 Å². The number of aromatic amines is 1. The van der Waals surface area contributed by atoms with E-state index in [1.807, 2.05) is 93.0 Å². The van der Waals surface area contributed by atoms with Crippen LogP contribution in [0, 0.1) is 0 Å². The summed E-state index contributed by atoms with van der Waals surface area (Å²) in [4.78, 5) is 33.2. The lowest BCUT2D eigenvalue weighted by atomic mass is 9.80. The highest BCUT2D eigenvalue weighted by atomic mass is 32.2. The molecule has 1 N–H and O–H groups in total. The Balaban J connectivity index is 1.19. The Kier molecular flexibility index (Phi) is 15.0. The standard InChI is InChI=1S/C52H64N7O10PSSi/c1-51(2,3)72(8,9)69-46-45(68-70-58-30-16-21-41(58)43(67-70)32-71(61,62)40-19-14-11-15-20-40)42(66-49(46)59-48-44(56-50(59)60)47(53-33-54-48)55-34-57(4)5)31-65-52(35-17-12-10-13-18-35,36-22-26-38(63-6)27-23-36)37-24-28-39(64-7)29-25-37/h10-15,17-20,22-29,33-34,41-43,45-46,49H,16,21,30-32H2,1-9H3,(H,56,60)/b55-34-/t41-,42+,43+,45+,46+,49+,70-/m0/s1. The first-order valence-corrected chi connectivity index (χ1v) is 29.8. The van der Waals surface area contributed by atoms with Crippen LogP contribution in [0.2, 0.25) is 18.1 Å². The number of nitrogens with one attached hydrogen (secondary N) is 1. The number of rotatable bonds is 18. The molecule has 17 nitrogen and oxygen atoms in total. The summed E-state index contributed by atoms with van der Waals surface area (Å²) in [6.45, 7) is 11.3. The van der Waals surface area contributed by atoms with Crippen LogP contribution < -0.4 is 15.2 Å². The van der Waals surface area contributed by atoms with Gasteiger partial charge >= 0.3 is 5.69 Å². The Labute approximate surface area is 423 Å². The SMILES string of the molecule is COc1ccc(C(OC[C@H]2O[C@@H](n3c(=O)[nH]c4c(/N=C\N(C)C)ncnc43)[C@H](O[Si](C)(C)C(C)(C)C)[C@@H]2O[P@]2O[C@H](CS(=O)(=O)c3ccccc3)[C@@H]3CCCN32)(c2ccccc2)c2ccc(OC)cc2)cc1. The second-order valence-electron chi connectivity index (χ2n) is 20.0. The minimum absolute atomic E-state index is 0.0889. The molecule has 4 aromatic carbocycles. The van der Waals surface area contributed by atoms with Crippen LogP contribution in [0.3, 0.4) is 0 Å². The topological polar surface area (TPSA) is 181 Å². The number of fused-ring (bicyclic) bond motifs is 2. The predicted octanol–water partition coefficient (Wildman–Crippen LogP) is 8.60. The molecule has 9 rings (SSSR count). The van der Waals surface area contributed by atoms with Gasteiger partial charge in [-0.25, -0.2) is 37.4 Å². The number of aliphatic imine (C=N–C) groups is 1. The van der Waals surface area contributed by atoms with Gasteiger partial charge in [0.15, 0.2) is 35.8 Å². The van der Waals surface area contributed by atoms with E-state index in [0.717, 1.165) is 29.5 Å². The maximum absolute atomic E-state index is 14.6. The number of imidazole rings is 1. The summed E-state index contributed by atoms with van der Waals surface area (Å²) in [7, 11) is -1.45. The third-order valence-electron chi connectivity index (χ3n) is 14.1. The first-order chi connectivity index (χ1) is 34.4. The largest absolute Gasteiger partial charge is 0.497 e. The van der Waals surface area contributed by atoms with Gasteiger partial charge in [-0.15, -0.1) is 0 Å². The van der Waals surface area contributed by atoms with Crippen molar-refractivity contribution in [1.29, 1.82) is 0 Å². The molecule has 0 saturated carbocycles. The van der Waals surface area contributed by atoms with Gasteiger partial charge in [0.05, 0.1) is 43.9 Å². The molecule has 3 fully saturated rings. The highest BCUT2D eigenvalue weighted by Gasteiger charge is 2.57. The van der Waals surface area contributed by atoms with Gasteiger partial charge in [0.25, 0.3) is 8.53 Å². The van der Waals surface area contributed by atoms with Crippen molar-refractivity contribution in [2.75, 3.05) is 47.2 Å². The van der Waals surface area contributed by atoms with Crippen LogP contribution >= 0.6 is 8.53 Å². The van der Waals surface area contributed by atoms with E-state index >= 15 is 0 Å². The maximum atomic E-state index is 14.6. The molecule has 0 radical (unpaired) electrons. The molecule has 20 heteroatoms. The molecule has 3 saturated heterocycles. The molecule has 0 aliphatic carbocycles. The third-order valence-corrected chi connectivity index (χ3v) is 22.2. The van der Waals surface area contributed by atoms with Gasteiger partial charge in [0.2, 0.25) is 0 Å². The van der Waals surface area contributed by atoms with Crippen LogP contribution in [0.4, 0.5) is 5.82 Å². The Bertz CT molecular complexity index is 2960. The summed E-state index contributed by atoms with van der Waals surface area (Å²) >= 11 is 0. The third kappa shape index (κ3) is 10.2. The quantitative estimate of drug-likeness (QED) is 0.0284. The van der Waals surface area contributed by atoms with Crippen LogP contribution in [0.25, 0.3) is 11.2 Å². The molecule has 0 unspecified atom stereocenters. The monoisotopic (exact) mass is 1040 g/mol. The molecule has 7 atom stereocenters. The summed E-state index contributed by atoms with van der Waals surface area (Å²) in [6, 6.07) is 33.8. The van der Waals surface area contributed by atoms with Crippen LogP contribution in [0.1, 0.15) is 56.5 Å². The minimum atomic E-state index is -3.73. The Morgan fingerprint density at radius 1 is 0.861 bits per heavy atom. The van der Waals surface area contributed by atoms with E-state index in [1.165, 1.54) is 10.9 Å². The molecule has 3 aliphatic rings. The number of hydrogen-bond acceptors (Lipinski definition) is 14. The molecule has 382 valence electrons. The van der Waals surface area contributed by atoms with Gasteiger partial charge < -0.3 is 42.3 Å². The number of methoxy groups -OCH3 is 2. The lowest BCUT2D eigenvalue weighted by molar-refractivity contribution is -0.0928. The average molecular weight is 1040 g/mol. The summed E-state index contributed by atoms with van der Waals surface area (Å²) in [6.07, 6.45) is -0.0364. The number of hydrogen-bond donors (Lipinski definition) is 1. The zero-order chi connectivity index (χ0) is 51.0. The van der Waals surface area contributed by atoms with Gasteiger partial charge in [0.1, 0.15) is 47.3 Å². The zero-order valence-electron chi connectivity index (χ0n) is 42.2. The van der Waals surface area contributed by atoms with E-state index in [4.69, 9.17) is 32.4 Å². The van der Waals surface area contributed by atoms with Gasteiger partial charge in [-0.05, 0) is 84.1 Å². The lowest BCUT2D eigenvalue weighted by Gasteiger charge is -2.41. The molecule has 2 aromatic heterocycles. The summed E-state index contributed by atoms with van der Waals surface area (Å²) in [5.74, 6) is 1.40. The lowest BCUT2D eigenvalue weighted by Crippen LogP contribution is -2.50. The van der Waals surface area contributed by atoms with E-state index in [9.17, 15) is 13.2 Å². The zero-order valence-corrected chi connectivity index (χ0v) is 44.9. The number of H-pyrrole nitrogens is 1. The fourth-order valence-electron chi connectivity index (χ4n) is 9.41. The van der Waals surface area contributed by atoms with E-state index in [-0.39, 0.29) is 39.8 Å². The van der Waals surface area contributed by atoms with Crippen molar-refractivity contribution >= 4 is 50.0 Å². The average Bonchev–Trinajstić information content (AvgIpc) is 4.15. The summed E-state index contributed by atoms with van der Waals surface area (Å²) < 4.78 is 79.2. The molecule has 0 spiro atoms. The second-order valence-corrected chi connectivity index (χ2v) is 28.2. The highest BCUT2D eigenvalue weighted by molar-refractivity contribution is 7.91. The van der Waals surface area contributed by atoms with E-state index in [2.05, 4.69) is 58.5 Å². The Morgan fingerprint density at radius 3 is 2.07 bits per heavy atom. The van der Waals surface area contributed by atoms with Crippen LogP contribution in [0.15, 0.2) is 130 Å². The van der Waals surface area contributed by atoms with Crippen molar-refractivity contribution in [3.05, 3.63) is 143 Å². The molecule has 3 aliphatic heterocycles. The van der Waals surface area contributed by atoms with Crippen molar-refractivity contribution in [2.45, 2.75) is 98.9 Å². The smallest absolute Gasteiger partial charge is 0.330 e. The predicted molar refractivity (Wildman–Crippen MR) is 279 cm³/mol. The van der Waals surface area contributed by atoms with Gasteiger partial charge in [0, 0.05) is 26.7 Å². The first kappa shape index (κ1) is 51.6. The summed E-state index contributed by atoms with van der Waals surface area (Å²) in [5.41, 5.74) is 1.27. The van der Waals surface area contributed by atoms with Crippen LogP contribution in [-0.2, 0) is 38.4 Å². The number of aromatic nitrogens is 4. The van der Waals surface area contributed by atoms with Crippen molar-refractivity contribution in [3.8, 4) is 11.5 Å². The number of ether oxygens (including phenoxy) is 4. The van der Waals surface area contributed by atoms with Gasteiger partial charge in [-0.1, -0.05) is 93.6 Å². The van der Waals surface area contributed by atoms with Crippen molar-refractivity contribution in [3.63, 3.8) is 0 Å². The van der Waals surface area contributed by atoms with Crippen LogP contribution in [0.5, 0.6) is 11.5 Å². The molecule has 72 heavy (non-hydrogen) atoms. The number of sulfone groups is 1. The molecule has 0 amide bonds. The number of nitrogens with zero attached hydrogens (tertiary/aromatic N) is 6. The van der Waals surface area contributed by atoms with Crippen molar-refractivity contribution in [2.24, 2.45) is 4.99 Å². The highest BCUT2D eigenvalue weighted by Crippen LogP contribution is 2.59. The normalized spacial score (nSPS) is 23.0. The Hall–Kier alpha value is -5.34. The molecular weight excluding hydrogens is 974 g/mol. The van der Waals surface area contributed by atoms with Crippen molar-refractivity contribution < 1.29 is 40.8 Å². The van der Waals surface area contributed by atoms with E-state index in [0.29, 0.717) is 23.6 Å². The fraction of sp³-hybridized carbons (Fsp3) is 0.423. The van der Waals surface area contributed by atoms with Gasteiger partial charge in [-0.3, -0.25) is 0 Å².